The topological polar surface area (TPSA) is 94.9 Å². The zero-order valence-corrected chi connectivity index (χ0v) is 18.4. The summed E-state index contributed by atoms with van der Waals surface area (Å²) in [4.78, 5) is 21.8. The van der Waals surface area contributed by atoms with Crippen LogP contribution in [0.25, 0.3) is 22.2 Å². The summed E-state index contributed by atoms with van der Waals surface area (Å²) in [6.07, 6.45) is 4.86. The van der Waals surface area contributed by atoms with Crippen LogP contribution in [0.3, 0.4) is 0 Å². The van der Waals surface area contributed by atoms with Gasteiger partial charge in [-0.15, -0.1) is 0 Å². The van der Waals surface area contributed by atoms with E-state index in [0.29, 0.717) is 45.0 Å². The zero-order valence-electron chi connectivity index (χ0n) is 18.4. The number of amides is 1. The number of nitrogens with one attached hydrogen (secondary N) is 1. The van der Waals surface area contributed by atoms with Gasteiger partial charge in [-0.2, -0.15) is 5.10 Å². The van der Waals surface area contributed by atoms with E-state index in [-0.39, 0.29) is 5.91 Å². The summed E-state index contributed by atoms with van der Waals surface area (Å²) >= 11 is 0. The molecular formula is C25H22N4O4. The number of rotatable bonds is 7. The molecule has 0 saturated carbocycles. The molecule has 4 rings (SSSR count). The SMILES string of the molecule is COc1cc(-c2cc(C(=O)N/N=C/c3cccnc3)c3ccccc3n2)cc(OC)c1OC. The van der Waals surface area contributed by atoms with Crippen LogP contribution in [0.5, 0.6) is 17.2 Å². The van der Waals surface area contributed by atoms with E-state index in [1.807, 2.05) is 30.3 Å². The quantitative estimate of drug-likeness (QED) is 0.342. The molecule has 2 aromatic heterocycles. The number of carbonyl (C=O) groups is 1. The van der Waals surface area contributed by atoms with Crippen LogP contribution in [0.1, 0.15) is 15.9 Å². The van der Waals surface area contributed by atoms with Crippen molar-refractivity contribution >= 4 is 23.0 Å². The molecule has 8 nitrogen and oxygen atoms in total. The fraction of sp³-hybridized carbons (Fsp3) is 0.120. The van der Waals surface area contributed by atoms with Gasteiger partial charge < -0.3 is 14.2 Å². The molecule has 0 aliphatic heterocycles. The molecule has 33 heavy (non-hydrogen) atoms. The minimum absolute atomic E-state index is 0.359. The van der Waals surface area contributed by atoms with Gasteiger partial charge in [0, 0.05) is 28.9 Å². The van der Waals surface area contributed by atoms with E-state index in [0.717, 1.165) is 5.56 Å². The first-order valence-electron chi connectivity index (χ1n) is 10.1. The second-order valence-electron chi connectivity index (χ2n) is 6.97. The maximum absolute atomic E-state index is 13.0. The van der Waals surface area contributed by atoms with Crippen molar-refractivity contribution in [3.63, 3.8) is 0 Å². The Morgan fingerprint density at radius 3 is 2.39 bits per heavy atom. The van der Waals surface area contributed by atoms with Crippen molar-refractivity contribution in [2.24, 2.45) is 5.10 Å². The number of hydrogen-bond donors (Lipinski definition) is 1. The number of methoxy groups -OCH3 is 3. The van der Waals surface area contributed by atoms with Gasteiger partial charge in [0.25, 0.3) is 5.91 Å². The van der Waals surface area contributed by atoms with Crippen molar-refractivity contribution in [3.8, 4) is 28.5 Å². The lowest BCUT2D eigenvalue weighted by molar-refractivity contribution is 0.0956. The number of pyridine rings is 2. The highest BCUT2D eigenvalue weighted by atomic mass is 16.5. The number of nitrogens with zero attached hydrogens (tertiary/aromatic N) is 3. The highest BCUT2D eigenvalue weighted by Gasteiger charge is 2.18. The molecule has 0 saturated heterocycles. The van der Waals surface area contributed by atoms with Crippen LogP contribution in [-0.2, 0) is 0 Å². The van der Waals surface area contributed by atoms with Crippen LogP contribution in [0.2, 0.25) is 0 Å². The fourth-order valence-electron chi connectivity index (χ4n) is 3.42. The Morgan fingerprint density at radius 2 is 1.73 bits per heavy atom. The largest absolute Gasteiger partial charge is 0.493 e. The fourth-order valence-corrected chi connectivity index (χ4v) is 3.42. The molecule has 0 radical (unpaired) electrons. The predicted molar refractivity (Wildman–Crippen MR) is 126 cm³/mol. The number of para-hydroxylation sites is 1. The number of aromatic nitrogens is 2. The molecule has 0 aliphatic rings. The minimum atomic E-state index is -0.359. The molecule has 0 spiro atoms. The van der Waals surface area contributed by atoms with Gasteiger partial charge in [0.1, 0.15) is 0 Å². The zero-order chi connectivity index (χ0) is 23.2. The minimum Gasteiger partial charge on any atom is -0.493 e. The summed E-state index contributed by atoms with van der Waals surface area (Å²) in [5.74, 6) is 1.11. The number of ether oxygens (including phenoxy) is 3. The van der Waals surface area contributed by atoms with E-state index in [4.69, 9.17) is 19.2 Å². The standard InChI is InChI=1S/C25H22N4O4/c1-31-22-11-17(12-23(32-2)24(22)33-3)21-13-19(18-8-4-5-9-20(18)28-21)25(30)29-27-15-16-7-6-10-26-14-16/h4-15H,1-3H3,(H,29,30)/b27-15+. The lowest BCUT2D eigenvalue weighted by Crippen LogP contribution is -2.18. The molecule has 2 aromatic carbocycles. The molecule has 1 N–H and O–H groups in total. The van der Waals surface area contributed by atoms with E-state index in [1.54, 1.807) is 58.0 Å². The summed E-state index contributed by atoms with van der Waals surface area (Å²) in [6.45, 7) is 0. The van der Waals surface area contributed by atoms with Crippen molar-refractivity contribution in [1.82, 2.24) is 15.4 Å². The lowest BCUT2D eigenvalue weighted by Gasteiger charge is -2.15. The highest BCUT2D eigenvalue weighted by molar-refractivity contribution is 6.07. The van der Waals surface area contributed by atoms with E-state index < -0.39 is 0 Å². The van der Waals surface area contributed by atoms with Gasteiger partial charge in [-0.3, -0.25) is 9.78 Å². The van der Waals surface area contributed by atoms with Gasteiger partial charge >= 0.3 is 0 Å². The van der Waals surface area contributed by atoms with Crippen LogP contribution in [-0.4, -0.2) is 43.4 Å². The Balaban J connectivity index is 1.76. The molecule has 4 aromatic rings. The van der Waals surface area contributed by atoms with Crippen LogP contribution in [0.4, 0.5) is 0 Å². The van der Waals surface area contributed by atoms with Crippen LogP contribution < -0.4 is 19.6 Å². The van der Waals surface area contributed by atoms with Crippen molar-refractivity contribution < 1.29 is 19.0 Å². The third-order valence-electron chi connectivity index (χ3n) is 4.99. The highest BCUT2D eigenvalue weighted by Crippen LogP contribution is 2.41. The Morgan fingerprint density at radius 1 is 0.970 bits per heavy atom. The first-order valence-corrected chi connectivity index (χ1v) is 10.1. The van der Waals surface area contributed by atoms with E-state index in [2.05, 4.69) is 15.5 Å². The van der Waals surface area contributed by atoms with E-state index >= 15 is 0 Å². The van der Waals surface area contributed by atoms with Crippen molar-refractivity contribution in [2.75, 3.05) is 21.3 Å². The number of hydrazone groups is 1. The first-order chi connectivity index (χ1) is 16.1. The second kappa shape index (κ2) is 9.78. The Hall–Kier alpha value is -4.46. The average Bonchev–Trinajstić information content (AvgIpc) is 2.87. The van der Waals surface area contributed by atoms with Gasteiger partial charge in [0.05, 0.1) is 44.3 Å². The molecule has 0 bridgehead atoms. The molecule has 8 heteroatoms. The molecule has 0 unspecified atom stereocenters. The summed E-state index contributed by atoms with van der Waals surface area (Å²) in [6, 6.07) is 16.4. The monoisotopic (exact) mass is 442 g/mol. The number of hydrogen-bond acceptors (Lipinski definition) is 7. The van der Waals surface area contributed by atoms with Crippen molar-refractivity contribution in [3.05, 3.63) is 78.1 Å². The number of benzene rings is 2. The smallest absolute Gasteiger partial charge is 0.272 e. The average molecular weight is 442 g/mol. The van der Waals surface area contributed by atoms with Gasteiger partial charge in [-0.25, -0.2) is 10.4 Å². The third kappa shape index (κ3) is 4.59. The Bertz CT molecular complexity index is 1300. The summed E-state index contributed by atoms with van der Waals surface area (Å²) < 4.78 is 16.3. The maximum atomic E-state index is 13.0. The molecule has 2 heterocycles. The predicted octanol–water partition coefficient (Wildman–Crippen LogP) is 4.09. The van der Waals surface area contributed by atoms with Gasteiger partial charge in [-0.1, -0.05) is 24.3 Å². The van der Waals surface area contributed by atoms with Crippen LogP contribution >= 0.6 is 0 Å². The first kappa shape index (κ1) is 21.8. The lowest BCUT2D eigenvalue weighted by atomic mass is 10.0. The number of fused-ring (bicyclic) bond motifs is 1. The van der Waals surface area contributed by atoms with Crippen molar-refractivity contribution in [2.45, 2.75) is 0 Å². The molecular weight excluding hydrogens is 420 g/mol. The Labute approximate surface area is 190 Å². The summed E-state index contributed by atoms with van der Waals surface area (Å²) in [5.41, 5.74) is 5.76. The normalized spacial score (nSPS) is 10.9. The molecule has 0 fully saturated rings. The summed E-state index contributed by atoms with van der Waals surface area (Å²) in [7, 11) is 4.64. The van der Waals surface area contributed by atoms with Crippen LogP contribution in [0, 0.1) is 0 Å². The van der Waals surface area contributed by atoms with Gasteiger partial charge in [-0.05, 0) is 30.3 Å². The molecule has 0 aliphatic carbocycles. The number of carbonyl (C=O) groups excluding carboxylic acids is 1. The van der Waals surface area contributed by atoms with Gasteiger partial charge in [0.15, 0.2) is 11.5 Å². The van der Waals surface area contributed by atoms with Crippen molar-refractivity contribution in [1.29, 1.82) is 0 Å². The van der Waals surface area contributed by atoms with E-state index in [9.17, 15) is 4.79 Å². The van der Waals surface area contributed by atoms with E-state index in [1.165, 1.54) is 6.21 Å². The third-order valence-corrected chi connectivity index (χ3v) is 4.99. The molecule has 0 atom stereocenters. The second-order valence-corrected chi connectivity index (χ2v) is 6.97. The maximum Gasteiger partial charge on any atom is 0.272 e. The molecule has 1 amide bonds. The van der Waals surface area contributed by atoms with Gasteiger partial charge in [0.2, 0.25) is 5.75 Å². The van der Waals surface area contributed by atoms with Crippen LogP contribution in [0.15, 0.2) is 72.1 Å². The molecule has 166 valence electrons. The Kier molecular flexibility index (Phi) is 6.45. The summed E-state index contributed by atoms with van der Waals surface area (Å²) in [5, 5.41) is 4.77.